The van der Waals surface area contributed by atoms with E-state index in [0.29, 0.717) is 49.3 Å². The third-order valence-electron chi connectivity index (χ3n) is 6.15. The van der Waals surface area contributed by atoms with Crippen molar-refractivity contribution in [3.05, 3.63) is 106 Å². The Labute approximate surface area is 229 Å². The molecule has 4 rings (SSSR count). The van der Waals surface area contributed by atoms with Crippen molar-refractivity contribution in [1.82, 2.24) is 9.55 Å². The molecule has 2 unspecified atom stereocenters. The highest BCUT2D eigenvalue weighted by Crippen LogP contribution is 2.15. The van der Waals surface area contributed by atoms with Gasteiger partial charge < -0.3 is 20.3 Å². The normalized spacial score (nSPS) is 12.3. The molecule has 39 heavy (non-hydrogen) atoms. The first-order chi connectivity index (χ1) is 18.8. The van der Waals surface area contributed by atoms with Gasteiger partial charge >= 0.3 is 5.97 Å². The molecule has 3 N–H and O–H groups in total. The molecule has 0 aliphatic heterocycles. The molecule has 0 saturated carbocycles. The lowest BCUT2D eigenvalue weighted by atomic mass is 10.1. The molecule has 0 bridgehead atoms. The smallest absolute Gasteiger partial charge is 0.333 e. The molecule has 0 saturated heterocycles. The second-order valence-electron chi connectivity index (χ2n) is 9.03. The lowest BCUT2D eigenvalue weighted by Crippen LogP contribution is -2.27. The molecular weight excluding hydrogens is 494 g/mol. The summed E-state index contributed by atoms with van der Waals surface area (Å²) in [7, 11) is 0. The summed E-state index contributed by atoms with van der Waals surface area (Å²) in [5.74, 6) is 0.411. The molecule has 1 heterocycles. The van der Waals surface area contributed by atoms with Crippen LogP contribution in [0, 0.1) is 0 Å². The molecule has 1 aromatic heterocycles. The van der Waals surface area contributed by atoms with Crippen LogP contribution in [0.15, 0.2) is 83.7 Å². The average molecular weight is 532 g/mol. The number of benzene rings is 3. The van der Waals surface area contributed by atoms with E-state index in [1.165, 1.54) is 5.56 Å². The molecule has 0 spiro atoms. The largest absolute Gasteiger partial charge is 0.492 e. The second kappa shape index (κ2) is 14.8. The van der Waals surface area contributed by atoms with Gasteiger partial charge in [0.05, 0.1) is 17.4 Å². The van der Waals surface area contributed by atoms with Gasteiger partial charge in [0, 0.05) is 25.5 Å². The van der Waals surface area contributed by atoms with E-state index >= 15 is 0 Å². The van der Waals surface area contributed by atoms with E-state index in [-0.39, 0.29) is 11.6 Å². The van der Waals surface area contributed by atoms with Gasteiger partial charge in [0.1, 0.15) is 18.2 Å². The van der Waals surface area contributed by atoms with Crippen molar-refractivity contribution in [2.75, 3.05) is 13.2 Å². The van der Waals surface area contributed by atoms with E-state index in [4.69, 9.17) is 15.2 Å². The number of aromatic nitrogens is 2. The SMILES string of the molecule is CC(N)c1ccccc1.CCOC(Cc1ccc(OCCn2c(CC)nc3ccccc3c2=O)cc1)C(=O)O. The molecule has 0 fully saturated rings. The van der Waals surface area contributed by atoms with Crippen molar-refractivity contribution in [2.45, 2.75) is 52.3 Å². The van der Waals surface area contributed by atoms with E-state index in [0.717, 1.165) is 11.4 Å². The van der Waals surface area contributed by atoms with Crippen molar-refractivity contribution in [2.24, 2.45) is 5.73 Å². The Morgan fingerprint density at radius 2 is 1.67 bits per heavy atom. The average Bonchev–Trinajstić information content (AvgIpc) is 2.95. The number of carboxylic acid groups (broad SMARTS) is 1. The molecule has 0 amide bonds. The Morgan fingerprint density at radius 1 is 1.00 bits per heavy atom. The molecule has 8 heteroatoms. The van der Waals surface area contributed by atoms with Crippen molar-refractivity contribution in [3.8, 4) is 5.75 Å². The summed E-state index contributed by atoms with van der Waals surface area (Å²) in [6.45, 7) is 6.79. The van der Waals surface area contributed by atoms with E-state index in [2.05, 4.69) is 4.98 Å². The van der Waals surface area contributed by atoms with Crippen LogP contribution in [0.4, 0.5) is 0 Å². The van der Waals surface area contributed by atoms with E-state index < -0.39 is 12.1 Å². The van der Waals surface area contributed by atoms with Crippen molar-refractivity contribution in [3.63, 3.8) is 0 Å². The summed E-state index contributed by atoms with van der Waals surface area (Å²) < 4.78 is 12.7. The van der Waals surface area contributed by atoms with Crippen LogP contribution in [-0.4, -0.2) is 39.9 Å². The highest BCUT2D eigenvalue weighted by Gasteiger charge is 2.18. The number of para-hydroxylation sites is 1. The molecule has 8 nitrogen and oxygen atoms in total. The van der Waals surface area contributed by atoms with Gasteiger partial charge in [-0.15, -0.1) is 0 Å². The molecule has 2 atom stereocenters. The first-order valence-electron chi connectivity index (χ1n) is 13.2. The maximum atomic E-state index is 12.8. The molecule has 4 aromatic rings. The number of nitrogens with zero attached hydrogens (tertiary/aromatic N) is 2. The third-order valence-corrected chi connectivity index (χ3v) is 6.15. The first kappa shape index (κ1) is 29.5. The van der Waals surface area contributed by atoms with Crippen LogP contribution in [0.2, 0.25) is 0 Å². The van der Waals surface area contributed by atoms with Gasteiger partial charge in [0.25, 0.3) is 5.56 Å². The Kier molecular flexibility index (Phi) is 11.2. The van der Waals surface area contributed by atoms with Crippen LogP contribution in [-0.2, 0) is 28.9 Å². The summed E-state index contributed by atoms with van der Waals surface area (Å²) in [5.41, 5.74) is 8.30. The zero-order valence-corrected chi connectivity index (χ0v) is 22.7. The summed E-state index contributed by atoms with van der Waals surface area (Å²) in [4.78, 5) is 28.6. The number of hydrogen-bond acceptors (Lipinski definition) is 6. The number of carbonyl (C=O) groups is 1. The minimum Gasteiger partial charge on any atom is -0.492 e. The van der Waals surface area contributed by atoms with Crippen LogP contribution in [0.5, 0.6) is 5.75 Å². The molecular formula is C31H37N3O5. The van der Waals surface area contributed by atoms with Gasteiger partial charge in [0.15, 0.2) is 6.10 Å². The molecule has 206 valence electrons. The van der Waals surface area contributed by atoms with Crippen molar-refractivity contribution >= 4 is 16.9 Å². The zero-order chi connectivity index (χ0) is 28.2. The summed E-state index contributed by atoms with van der Waals surface area (Å²) >= 11 is 0. The number of hydrogen-bond donors (Lipinski definition) is 2. The summed E-state index contributed by atoms with van der Waals surface area (Å²) in [6.07, 6.45) is 0.0855. The summed E-state index contributed by atoms with van der Waals surface area (Å²) in [5, 5.41) is 9.79. The topological polar surface area (TPSA) is 117 Å². The van der Waals surface area contributed by atoms with Crippen molar-refractivity contribution < 1.29 is 19.4 Å². The predicted molar refractivity (Wildman–Crippen MR) is 153 cm³/mol. The lowest BCUT2D eigenvalue weighted by molar-refractivity contribution is -0.149. The van der Waals surface area contributed by atoms with Gasteiger partial charge in [-0.3, -0.25) is 9.36 Å². The molecule has 0 radical (unpaired) electrons. The minimum absolute atomic E-state index is 0.0629. The predicted octanol–water partition coefficient (Wildman–Crippen LogP) is 4.78. The van der Waals surface area contributed by atoms with Gasteiger partial charge in [0.2, 0.25) is 0 Å². The standard InChI is InChI=1S/C23H26N2O5.C8H11N/c1-3-21-24-19-8-6-5-7-18(19)22(26)25(21)13-14-30-17-11-9-16(10-12-17)15-20(23(27)28)29-4-2;1-7(9)8-5-3-2-4-6-8/h5-12,20H,3-4,13-15H2,1-2H3,(H,27,28);2-7H,9H2,1H3. The van der Waals surface area contributed by atoms with Crippen LogP contribution >= 0.6 is 0 Å². The zero-order valence-electron chi connectivity index (χ0n) is 22.7. The number of carboxylic acids is 1. The monoisotopic (exact) mass is 531 g/mol. The Morgan fingerprint density at radius 3 is 2.26 bits per heavy atom. The van der Waals surface area contributed by atoms with Crippen LogP contribution in [0.3, 0.4) is 0 Å². The molecule has 3 aromatic carbocycles. The molecule has 0 aliphatic rings. The Balaban J connectivity index is 0.000000395. The Hall–Kier alpha value is -4.01. The van der Waals surface area contributed by atoms with Gasteiger partial charge in [-0.2, -0.15) is 0 Å². The number of ether oxygens (including phenoxy) is 2. The number of rotatable bonds is 11. The number of aliphatic carboxylic acids is 1. The molecule has 0 aliphatic carbocycles. The van der Waals surface area contributed by atoms with Gasteiger partial charge in [-0.05, 0) is 49.2 Å². The van der Waals surface area contributed by atoms with Crippen LogP contribution < -0.4 is 16.0 Å². The van der Waals surface area contributed by atoms with Crippen LogP contribution in [0.25, 0.3) is 10.9 Å². The summed E-state index contributed by atoms with van der Waals surface area (Å²) in [6, 6.07) is 24.8. The quantitative estimate of drug-likeness (QED) is 0.286. The van der Waals surface area contributed by atoms with Gasteiger partial charge in [-0.25, -0.2) is 9.78 Å². The highest BCUT2D eigenvalue weighted by atomic mass is 16.5. The lowest BCUT2D eigenvalue weighted by Gasteiger charge is -2.14. The fourth-order valence-electron chi connectivity index (χ4n) is 4.08. The number of aryl methyl sites for hydroxylation is 1. The number of fused-ring (bicyclic) bond motifs is 1. The maximum Gasteiger partial charge on any atom is 0.333 e. The minimum atomic E-state index is -0.974. The third kappa shape index (κ3) is 8.49. The van der Waals surface area contributed by atoms with E-state index in [1.807, 2.05) is 74.5 Å². The fraction of sp³-hybridized carbons (Fsp3) is 0.323. The number of nitrogens with two attached hydrogens (primary N) is 1. The maximum absolute atomic E-state index is 12.8. The van der Waals surface area contributed by atoms with E-state index in [9.17, 15) is 14.7 Å². The van der Waals surface area contributed by atoms with Crippen LogP contribution in [0.1, 0.15) is 43.8 Å². The van der Waals surface area contributed by atoms with E-state index in [1.54, 1.807) is 29.7 Å². The Bertz CT molecular complexity index is 1390. The fourth-order valence-corrected chi connectivity index (χ4v) is 4.08. The van der Waals surface area contributed by atoms with Gasteiger partial charge in [-0.1, -0.05) is 61.5 Å². The van der Waals surface area contributed by atoms with Crippen molar-refractivity contribution in [1.29, 1.82) is 0 Å². The highest BCUT2D eigenvalue weighted by molar-refractivity contribution is 5.77. The first-order valence-corrected chi connectivity index (χ1v) is 13.2. The second-order valence-corrected chi connectivity index (χ2v) is 9.03.